The Kier molecular flexibility index (Phi) is 7.11. The third-order valence-corrected chi connectivity index (χ3v) is 4.13. The van der Waals surface area contributed by atoms with Gasteiger partial charge in [0.25, 0.3) is 0 Å². The highest BCUT2D eigenvalue weighted by atomic mass is 14.9. The van der Waals surface area contributed by atoms with Gasteiger partial charge in [0, 0.05) is 12.1 Å². The van der Waals surface area contributed by atoms with Crippen molar-refractivity contribution in [1.29, 1.82) is 0 Å². The molecule has 96 valence electrons. The Bertz CT molecular complexity index is 167. The third-order valence-electron chi connectivity index (χ3n) is 4.13. The van der Waals surface area contributed by atoms with Crippen LogP contribution in [0.25, 0.3) is 0 Å². The van der Waals surface area contributed by atoms with Crippen LogP contribution < -0.4 is 5.32 Å². The number of hydrogen-bond donors (Lipinski definition) is 1. The van der Waals surface area contributed by atoms with Crippen LogP contribution in [-0.4, -0.2) is 12.1 Å². The van der Waals surface area contributed by atoms with Crippen molar-refractivity contribution in [1.82, 2.24) is 5.32 Å². The van der Waals surface area contributed by atoms with Crippen LogP contribution in [0, 0.1) is 5.92 Å². The minimum atomic E-state index is 0.734. The zero-order chi connectivity index (χ0) is 11.8. The molecule has 1 heteroatoms. The Morgan fingerprint density at radius 2 is 1.94 bits per heavy atom. The van der Waals surface area contributed by atoms with Gasteiger partial charge in [-0.3, -0.25) is 0 Å². The molecular formula is C15H31N. The molecule has 16 heavy (non-hydrogen) atoms. The van der Waals surface area contributed by atoms with E-state index in [0.29, 0.717) is 0 Å². The van der Waals surface area contributed by atoms with Crippen molar-refractivity contribution < 1.29 is 0 Å². The Labute approximate surface area is 102 Å². The van der Waals surface area contributed by atoms with E-state index >= 15 is 0 Å². The maximum Gasteiger partial charge on any atom is 0.00722 e. The van der Waals surface area contributed by atoms with E-state index in [0.717, 1.165) is 18.0 Å². The van der Waals surface area contributed by atoms with Crippen molar-refractivity contribution in [3.8, 4) is 0 Å². The molecule has 0 bridgehead atoms. The van der Waals surface area contributed by atoms with Crippen molar-refractivity contribution in [2.75, 3.05) is 0 Å². The van der Waals surface area contributed by atoms with Crippen molar-refractivity contribution in [3.63, 3.8) is 0 Å². The molecule has 0 aromatic rings. The number of rotatable bonds is 8. The monoisotopic (exact) mass is 225 g/mol. The summed E-state index contributed by atoms with van der Waals surface area (Å²) in [7, 11) is 0. The number of hydrogen-bond acceptors (Lipinski definition) is 1. The summed E-state index contributed by atoms with van der Waals surface area (Å²) in [6.07, 6.45) is 12.6. The van der Waals surface area contributed by atoms with Crippen molar-refractivity contribution in [3.05, 3.63) is 0 Å². The molecule has 0 aromatic carbocycles. The summed E-state index contributed by atoms with van der Waals surface area (Å²) >= 11 is 0. The van der Waals surface area contributed by atoms with Gasteiger partial charge in [-0.25, -0.2) is 0 Å². The summed E-state index contributed by atoms with van der Waals surface area (Å²) in [6, 6.07) is 1.56. The lowest BCUT2D eigenvalue weighted by Gasteiger charge is -2.19. The Hall–Kier alpha value is -0.0400. The van der Waals surface area contributed by atoms with E-state index in [4.69, 9.17) is 0 Å². The highest BCUT2D eigenvalue weighted by molar-refractivity contribution is 4.81. The highest BCUT2D eigenvalue weighted by Gasteiger charge is 2.23. The highest BCUT2D eigenvalue weighted by Crippen LogP contribution is 2.28. The molecule has 0 amide bonds. The molecule has 1 rings (SSSR count). The molecule has 1 fully saturated rings. The molecule has 1 saturated carbocycles. The second kappa shape index (κ2) is 8.11. The van der Waals surface area contributed by atoms with Gasteiger partial charge >= 0.3 is 0 Å². The Morgan fingerprint density at radius 3 is 2.56 bits per heavy atom. The lowest BCUT2D eigenvalue weighted by molar-refractivity contribution is 0.405. The molecule has 0 saturated heterocycles. The lowest BCUT2D eigenvalue weighted by Crippen LogP contribution is -2.34. The standard InChI is InChI=1S/C15H31N/c1-4-6-7-8-9-13(3)16-15-11-10-14(5-2)12-15/h13-16H,4-12H2,1-3H3. The fraction of sp³-hybridized carbons (Fsp3) is 1.00. The van der Waals surface area contributed by atoms with Crippen LogP contribution in [0.3, 0.4) is 0 Å². The fourth-order valence-corrected chi connectivity index (χ4v) is 2.96. The van der Waals surface area contributed by atoms with Gasteiger partial charge in [0.05, 0.1) is 0 Å². The first-order valence-corrected chi connectivity index (χ1v) is 7.52. The molecule has 0 heterocycles. The maximum atomic E-state index is 3.82. The summed E-state index contributed by atoms with van der Waals surface area (Å²) in [4.78, 5) is 0. The summed E-state index contributed by atoms with van der Waals surface area (Å²) in [6.45, 7) is 6.98. The predicted molar refractivity (Wildman–Crippen MR) is 72.8 cm³/mol. The Balaban J connectivity index is 2.03. The van der Waals surface area contributed by atoms with Crippen LogP contribution in [0.4, 0.5) is 0 Å². The minimum absolute atomic E-state index is 0.734. The number of unbranched alkanes of at least 4 members (excludes halogenated alkanes) is 3. The average Bonchev–Trinajstić information content (AvgIpc) is 2.72. The van der Waals surface area contributed by atoms with Crippen LogP contribution in [0.15, 0.2) is 0 Å². The summed E-state index contributed by atoms with van der Waals surface area (Å²) in [5.41, 5.74) is 0. The maximum absolute atomic E-state index is 3.82. The van der Waals surface area contributed by atoms with Gasteiger partial charge in [-0.2, -0.15) is 0 Å². The molecule has 1 aliphatic carbocycles. The van der Waals surface area contributed by atoms with Crippen molar-refractivity contribution in [2.45, 2.75) is 90.6 Å². The van der Waals surface area contributed by atoms with Gasteiger partial charge in [-0.1, -0.05) is 46.0 Å². The van der Waals surface area contributed by atoms with Gasteiger partial charge in [0.1, 0.15) is 0 Å². The summed E-state index contributed by atoms with van der Waals surface area (Å²) in [5.74, 6) is 1.00. The van der Waals surface area contributed by atoms with Gasteiger partial charge in [-0.05, 0) is 38.5 Å². The van der Waals surface area contributed by atoms with Crippen LogP contribution >= 0.6 is 0 Å². The van der Waals surface area contributed by atoms with E-state index in [9.17, 15) is 0 Å². The first-order chi connectivity index (χ1) is 7.76. The zero-order valence-electron chi connectivity index (χ0n) is 11.6. The number of nitrogens with one attached hydrogen (secondary N) is 1. The zero-order valence-corrected chi connectivity index (χ0v) is 11.6. The lowest BCUT2D eigenvalue weighted by atomic mass is 10.0. The van der Waals surface area contributed by atoms with E-state index in [2.05, 4.69) is 26.1 Å². The van der Waals surface area contributed by atoms with Crippen LogP contribution in [-0.2, 0) is 0 Å². The first-order valence-electron chi connectivity index (χ1n) is 7.52. The van der Waals surface area contributed by atoms with E-state index in [1.54, 1.807) is 0 Å². The van der Waals surface area contributed by atoms with Gasteiger partial charge in [-0.15, -0.1) is 0 Å². The minimum Gasteiger partial charge on any atom is -0.311 e. The Morgan fingerprint density at radius 1 is 1.12 bits per heavy atom. The molecule has 1 nitrogen and oxygen atoms in total. The SMILES string of the molecule is CCCCCCC(C)NC1CCC(CC)C1. The first kappa shape index (κ1) is 14.0. The van der Waals surface area contributed by atoms with Crippen LogP contribution in [0.2, 0.25) is 0 Å². The van der Waals surface area contributed by atoms with E-state index in [1.807, 2.05) is 0 Å². The molecular weight excluding hydrogens is 194 g/mol. The third kappa shape index (κ3) is 5.34. The topological polar surface area (TPSA) is 12.0 Å². The molecule has 0 spiro atoms. The quantitative estimate of drug-likeness (QED) is 0.599. The second-order valence-corrected chi connectivity index (χ2v) is 5.70. The largest absolute Gasteiger partial charge is 0.311 e. The second-order valence-electron chi connectivity index (χ2n) is 5.70. The summed E-state index contributed by atoms with van der Waals surface area (Å²) in [5, 5.41) is 3.82. The molecule has 3 atom stereocenters. The molecule has 0 radical (unpaired) electrons. The van der Waals surface area contributed by atoms with Gasteiger partial charge in [0.2, 0.25) is 0 Å². The van der Waals surface area contributed by atoms with Crippen molar-refractivity contribution >= 4 is 0 Å². The molecule has 1 aliphatic rings. The van der Waals surface area contributed by atoms with E-state index in [1.165, 1.54) is 57.8 Å². The summed E-state index contributed by atoms with van der Waals surface area (Å²) < 4.78 is 0. The van der Waals surface area contributed by atoms with E-state index in [-0.39, 0.29) is 0 Å². The van der Waals surface area contributed by atoms with E-state index < -0.39 is 0 Å². The smallest absolute Gasteiger partial charge is 0.00722 e. The predicted octanol–water partition coefficient (Wildman–Crippen LogP) is 4.51. The molecule has 1 N–H and O–H groups in total. The molecule has 0 aromatic heterocycles. The normalized spacial score (nSPS) is 27.2. The molecule has 0 aliphatic heterocycles. The van der Waals surface area contributed by atoms with Gasteiger partial charge < -0.3 is 5.32 Å². The van der Waals surface area contributed by atoms with Crippen LogP contribution in [0.5, 0.6) is 0 Å². The average molecular weight is 225 g/mol. The van der Waals surface area contributed by atoms with Crippen LogP contribution in [0.1, 0.15) is 78.6 Å². The fourth-order valence-electron chi connectivity index (χ4n) is 2.96. The molecule has 3 unspecified atom stereocenters. The van der Waals surface area contributed by atoms with Crippen molar-refractivity contribution in [2.24, 2.45) is 5.92 Å². The van der Waals surface area contributed by atoms with Gasteiger partial charge in [0.15, 0.2) is 0 Å².